The van der Waals surface area contributed by atoms with Crippen LogP contribution in [0.3, 0.4) is 0 Å². The average molecular weight is 268 g/mol. The Morgan fingerprint density at radius 2 is 2.12 bits per heavy atom. The van der Waals surface area contributed by atoms with Crippen LogP contribution in [0.15, 0.2) is 23.1 Å². The maximum Gasteiger partial charge on any atom is 0.178 e. The number of hydrogen-bond acceptors (Lipinski definition) is 4. The molecule has 90 valence electrons. The van der Waals surface area contributed by atoms with Crippen molar-refractivity contribution in [1.82, 2.24) is 9.97 Å². The molecule has 0 aliphatic rings. The average Bonchev–Trinajstić information content (AvgIpc) is 2.28. The fourth-order valence-electron chi connectivity index (χ4n) is 1.61. The quantitative estimate of drug-likeness (QED) is 0.849. The Kier molecular flexibility index (Phi) is 3.01. The molecule has 1 aromatic carbocycles. The van der Waals surface area contributed by atoms with Gasteiger partial charge in [-0.1, -0.05) is 19.1 Å². The number of rotatable bonds is 2. The zero-order chi connectivity index (χ0) is 12.6. The van der Waals surface area contributed by atoms with Crippen molar-refractivity contribution in [2.75, 3.05) is 5.75 Å². The van der Waals surface area contributed by atoms with Crippen LogP contribution in [0.5, 0.6) is 0 Å². The first-order chi connectivity index (χ1) is 7.94. The molecule has 4 nitrogen and oxygen atoms in total. The molecule has 0 saturated heterocycles. The van der Waals surface area contributed by atoms with Crippen LogP contribution < -0.4 is 0 Å². The van der Waals surface area contributed by atoms with Crippen LogP contribution in [0.2, 0.25) is 0 Å². The van der Waals surface area contributed by atoms with E-state index in [1.807, 2.05) is 0 Å². The zero-order valence-corrected chi connectivity index (χ0v) is 11.2. The maximum atomic E-state index is 11.8. The molecule has 0 amide bonds. The number of aromatic amines is 1. The molecule has 1 N–H and O–H groups in total. The van der Waals surface area contributed by atoms with E-state index in [4.69, 9.17) is 12.2 Å². The van der Waals surface area contributed by atoms with Crippen molar-refractivity contribution < 1.29 is 8.42 Å². The molecule has 0 unspecified atom stereocenters. The van der Waals surface area contributed by atoms with Crippen LogP contribution in [-0.4, -0.2) is 24.1 Å². The van der Waals surface area contributed by atoms with Gasteiger partial charge in [-0.2, -0.15) is 0 Å². The molecular weight excluding hydrogens is 256 g/mol. The highest BCUT2D eigenvalue weighted by Crippen LogP contribution is 2.19. The number of nitrogens with zero attached hydrogens (tertiary/aromatic N) is 1. The van der Waals surface area contributed by atoms with E-state index < -0.39 is 9.84 Å². The van der Waals surface area contributed by atoms with Crippen LogP contribution in [0.4, 0.5) is 0 Å². The third-order valence-electron chi connectivity index (χ3n) is 2.55. The summed E-state index contributed by atoms with van der Waals surface area (Å²) >= 11 is 5.13. The lowest BCUT2D eigenvalue weighted by molar-refractivity contribution is 0.597. The largest absolute Gasteiger partial charge is 0.343 e. The topological polar surface area (TPSA) is 62.8 Å². The molecular formula is C11H12N2O2S2. The van der Waals surface area contributed by atoms with Crippen molar-refractivity contribution in [3.63, 3.8) is 0 Å². The molecule has 2 aromatic rings. The second-order valence-corrected chi connectivity index (χ2v) is 6.40. The first-order valence-corrected chi connectivity index (χ1v) is 7.23. The van der Waals surface area contributed by atoms with Crippen LogP contribution in [0.25, 0.3) is 10.9 Å². The van der Waals surface area contributed by atoms with Crippen LogP contribution in [-0.2, 0) is 9.84 Å². The van der Waals surface area contributed by atoms with E-state index in [-0.39, 0.29) is 5.75 Å². The number of benzene rings is 1. The molecule has 0 radical (unpaired) electrons. The molecule has 0 aliphatic heterocycles. The Hall–Kier alpha value is -1.27. The first-order valence-electron chi connectivity index (χ1n) is 5.17. The second-order valence-electron chi connectivity index (χ2n) is 3.74. The number of aryl methyl sites for hydroxylation is 1. The van der Waals surface area contributed by atoms with Gasteiger partial charge in [0.1, 0.15) is 10.5 Å². The van der Waals surface area contributed by atoms with Crippen LogP contribution in [0.1, 0.15) is 12.7 Å². The van der Waals surface area contributed by atoms with Gasteiger partial charge in [-0.25, -0.2) is 13.4 Å². The number of sulfone groups is 1. The Balaban J connectivity index is 2.79. The van der Waals surface area contributed by atoms with Gasteiger partial charge in [-0.3, -0.25) is 0 Å². The summed E-state index contributed by atoms with van der Waals surface area (Å²) in [6.45, 7) is 3.41. The van der Waals surface area contributed by atoms with E-state index in [9.17, 15) is 8.42 Å². The van der Waals surface area contributed by atoms with Gasteiger partial charge in [0.15, 0.2) is 9.84 Å². The van der Waals surface area contributed by atoms with Crippen LogP contribution in [0, 0.1) is 11.6 Å². The predicted molar refractivity (Wildman–Crippen MR) is 69.4 cm³/mol. The maximum absolute atomic E-state index is 11.8. The van der Waals surface area contributed by atoms with Crippen molar-refractivity contribution in [3.05, 3.63) is 28.7 Å². The fourth-order valence-corrected chi connectivity index (χ4v) is 2.83. The summed E-state index contributed by atoms with van der Waals surface area (Å²) < 4.78 is 24.0. The van der Waals surface area contributed by atoms with Gasteiger partial charge >= 0.3 is 0 Å². The van der Waals surface area contributed by atoms with Crippen molar-refractivity contribution in [3.8, 4) is 0 Å². The highest BCUT2D eigenvalue weighted by atomic mass is 32.2. The summed E-state index contributed by atoms with van der Waals surface area (Å²) in [5.41, 5.74) is 0.706. The smallest absolute Gasteiger partial charge is 0.178 e. The Labute approximate surface area is 105 Å². The molecule has 17 heavy (non-hydrogen) atoms. The summed E-state index contributed by atoms with van der Waals surface area (Å²) in [5, 5.41) is 0.764. The molecule has 0 aliphatic carbocycles. The van der Waals surface area contributed by atoms with Gasteiger partial charge < -0.3 is 4.98 Å². The molecule has 1 heterocycles. The standard InChI is InChI=1S/C11H12N2O2S2/c1-3-17(14,15)8-4-5-9-10(6-8)12-7(2)13-11(9)16/h4-6H,3H2,1-2H3,(H,12,13,16). The summed E-state index contributed by atoms with van der Waals surface area (Å²) in [7, 11) is -3.19. The highest BCUT2D eigenvalue weighted by molar-refractivity contribution is 7.91. The van der Waals surface area contributed by atoms with Gasteiger partial charge in [0.25, 0.3) is 0 Å². The monoisotopic (exact) mass is 268 g/mol. The minimum Gasteiger partial charge on any atom is -0.343 e. The lowest BCUT2D eigenvalue weighted by Crippen LogP contribution is -2.03. The minimum atomic E-state index is -3.19. The second kappa shape index (κ2) is 4.19. The molecule has 0 spiro atoms. The first kappa shape index (κ1) is 12.2. The predicted octanol–water partition coefficient (Wildman–Crippen LogP) is 2.39. The van der Waals surface area contributed by atoms with E-state index in [0.717, 1.165) is 5.39 Å². The van der Waals surface area contributed by atoms with Crippen LogP contribution >= 0.6 is 12.2 Å². The summed E-state index contributed by atoms with van der Waals surface area (Å²) in [6.07, 6.45) is 0. The van der Waals surface area contributed by atoms with E-state index in [1.165, 1.54) is 0 Å². The summed E-state index contributed by atoms with van der Waals surface area (Å²) in [4.78, 5) is 7.46. The minimum absolute atomic E-state index is 0.0866. The van der Waals surface area contributed by atoms with Gasteiger partial charge in [0.05, 0.1) is 16.2 Å². The lowest BCUT2D eigenvalue weighted by Gasteiger charge is -2.04. The Bertz CT molecular complexity index is 733. The van der Waals surface area contributed by atoms with Crippen molar-refractivity contribution >= 4 is 33.0 Å². The molecule has 1 aromatic heterocycles. The fraction of sp³-hybridized carbons (Fsp3) is 0.273. The third kappa shape index (κ3) is 2.23. The molecule has 0 saturated carbocycles. The Morgan fingerprint density at radius 3 is 2.76 bits per heavy atom. The summed E-state index contributed by atoms with van der Waals surface area (Å²) in [6, 6.07) is 4.88. The molecule has 0 bridgehead atoms. The van der Waals surface area contributed by atoms with E-state index in [1.54, 1.807) is 32.0 Å². The van der Waals surface area contributed by atoms with Crippen molar-refractivity contribution in [1.29, 1.82) is 0 Å². The van der Waals surface area contributed by atoms with Gasteiger partial charge in [-0.05, 0) is 25.1 Å². The number of H-pyrrole nitrogens is 1. The van der Waals surface area contributed by atoms with Gasteiger partial charge in [0, 0.05) is 5.39 Å². The number of aromatic nitrogens is 2. The molecule has 0 fully saturated rings. The van der Waals surface area contributed by atoms with E-state index in [0.29, 0.717) is 20.9 Å². The summed E-state index contributed by atoms with van der Waals surface area (Å²) in [5.74, 6) is 0.761. The molecule has 0 atom stereocenters. The van der Waals surface area contributed by atoms with Gasteiger partial charge in [-0.15, -0.1) is 0 Å². The zero-order valence-electron chi connectivity index (χ0n) is 9.52. The van der Waals surface area contributed by atoms with E-state index in [2.05, 4.69) is 9.97 Å². The number of hydrogen-bond donors (Lipinski definition) is 1. The molecule has 2 rings (SSSR count). The lowest BCUT2D eigenvalue weighted by atomic mass is 10.2. The normalized spacial score (nSPS) is 11.9. The third-order valence-corrected chi connectivity index (χ3v) is 4.59. The highest BCUT2D eigenvalue weighted by Gasteiger charge is 2.12. The molecule has 6 heteroatoms. The van der Waals surface area contributed by atoms with Crippen molar-refractivity contribution in [2.24, 2.45) is 0 Å². The van der Waals surface area contributed by atoms with Gasteiger partial charge in [0.2, 0.25) is 0 Å². The van der Waals surface area contributed by atoms with Crippen molar-refractivity contribution in [2.45, 2.75) is 18.7 Å². The number of fused-ring (bicyclic) bond motifs is 1. The van der Waals surface area contributed by atoms with E-state index >= 15 is 0 Å². The number of nitrogens with one attached hydrogen (secondary N) is 1. The Morgan fingerprint density at radius 1 is 1.41 bits per heavy atom. The SMILES string of the molecule is CCS(=O)(=O)c1ccc2c(=S)nc(C)[nH]c2c1.